The molecular formula is C24H16O. The van der Waals surface area contributed by atoms with Gasteiger partial charge in [0.25, 0.3) is 0 Å². The van der Waals surface area contributed by atoms with E-state index in [1.165, 1.54) is 26.9 Å². The standard InChI is InChI=1S/C24H16O/c1-2-10-22(11-3-1)25-24-12-6-9-19-15-20-13-17-7-4-5-8-18(17)14-21(20)16-23(19)24/h1-16H. The number of hydrogen-bond acceptors (Lipinski definition) is 1. The smallest absolute Gasteiger partial charge is 0.135 e. The van der Waals surface area contributed by atoms with Gasteiger partial charge in [-0.1, -0.05) is 54.6 Å². The SMILES string of the molecule is c1ccc(Oc2cccc3cc4cc5ccccc5cc4cc23)cc1. The van der Waals surface area contributed by atoms with Crippen LogP contribution >= 0.6 is 0 Å². The Morgan fingerprint density at radius 1 is 0.440 bits per heavy atom. The molecule has 0 spiro atoms. The number of rotatable bonds is 2. The van der Waals surface area contributed by atoms with E-state index in [0.29, 0.717) is 0 Å². The maximum absolute atomic E-state index is 6.13. The molecule has 5 aromatic carbocycles. The molecule has 1 nitrogen and oxygen atoms in total. The van der Waals surface area contributed by atoms with Crippen molar-refractivity contribution in [1.82, 2.24) is 0 Å². The molecule has 25 heavy (non-hydrogen) atoms. The maximum atomic E-state index is 6.13. The molecule has 5 rings (SSSR count). The minimum absolute atomic E-state index is 0.855. The van der Waals surface area contributed by atoms with Gasteiger partial charge in [0, 0.05) is 5.39 Å². The van der Waals surface area contributed by atoms with Crippen LogP contribution in [0, 0.1) is 0 Å². The van der Waals surface area contributed by atoms with Crippen LogP contribution < -0.4 is 4.74 Å². The predicted octanol–water partition coefficient (Wildman–Crippen LogP) is 6.94. The average molecular weight is 320 g/mol. The second-order valence-electron chi connectivity index (χ2n) is 6.29. The number of ether oxygens (including phenoxy) is 1. The van der Waals surface area contributed by atoms with Crippen LogP contribution in [-0.4, -0.2) is 0 Å². The quantitative estimate of drug-likeness (QED) is 0.320. The molecule has 0 saturated heterocycles. The highest BCUT2D eigenvalue weighted by Gasteiger charge is 2.06. The number of para-hydroxylation sites is 1. The van der Waals surface area contributed by atoms with Crippen molar-refractivity contribution in [2.75, 3.05) is 0 Å². The van der Waals surface area contributed by atoms with Gasteiger partial charge in [0.15, 0.2) is 0 Å². The lowest BCUT2D eigenvalue weighted by Gasteiger charge is -2.11. The topological polar surface area (TPSA) is 9.23 Å². The van der Waals surface area contributed by atoms with Crippen LogP contribution in [0.3, 0.4) is 0 Å². The van der Waals surface area contributed by atoms with Crippen LogP contribution in [0.2, 0.25) is 0 Å². The van der Waals surface area contributed by atoms with E-state index in [1.807, 2.05) is 42.5 Å². The van der Waals surface area contributed by atoms with Crippen LogP contribution in [0.1, 0.15) is 0 Å². The molecular weight excluding hydrogens is 304 g/mol. The normalized spacial score (nSPS) is 11.2. The molecule has 0 amide bonds. The van der Waals surface area contributed by atoms with Crippen molar-refractivity contribution in [3.05, 3.63) is 97.1 Å². The fraction of sp³-hybridized carbons (Fsp3) is 0. The summed E-state index contributed by atoms with van der Waals surface area (Å²) in [5, 5.41) is 7.34. The molecule has 1 heteroatoms. The molecule has 0 aliphatic rings. The highest BCUT2D eigenvalue weighted by molar-refractivity contribution is 6.06. The van der Waals surface area contributed by atoms with Crippen LogP contribution in [0.25, 0.3) is 32.3 Å². The zero-order valence-corrected chi connectivity index (χ0v) is 13.6. The van der Waals surface area contributed by atoms with E-state index in [2.05, 4.69) is 54.6 Å². The van der Waals surface area contributed by atoms with Crippen molar-refractivity contribution in [3.8, 4) is 11.5 Å². The van der Waals surface area contributed by atoms with Gasteiger partial charge in [-0.05, 0) is 69.4 Å². The van der Waals surface area contributed by atoms with Crippen LogP contribution in [0.4, 0.5) is 0 Å². The van der Waals surface area contributed by atoms with Crippen LogP contribution in [0.5, 0.6) is 11.5 Å². The van der Waals surface area contributed by atoms with E-state index in [4.69, 9.17) is 4.74 Å². The van der Waals surface area contributed by atoms with E-state index in [9.17, 15) is 0 Å². The molecule has 0 bridgehead atoms. The van der Waals surface area contributed by atoms with Crippen molar-refractivity contribution < 1.29 is 4.74 Å². The van der Waals surface area contributed by atoms with Crippen molar-refractivity contribution in [3.63, 3.8) is 0 Å². The van der Waals surface area contributed by atoms with Gasteiger partial charge in [-0.25, -0.2) is 0 Å². The fourth-order valence-electron chi connectivity index (χ4n) is 3.39. The first-order chi connectivity index (χ1) is 12.4. The van der Waals surface area contributed by atoms with Gasteiger partial charge in [0.05, 0.1) is 0 Å². The first kappa shape index (κ1) is 14.1. The zero-order chi connectivity index (χ0) is 16.6. The molecule has 0 heterocycles. The van der Waals surface area contributed by atoms with Crippen molar-refractivity contribution in [2.45, 2.75) is 0 Å². The third-order valence-electron chi connectivity index (χ3n) is 4.63. The van der Waals surface area contributed by atoms with Crippen LogP contribution in [0.15, 0.2) is 97.1 Å². The van der Waals surface area contributed by atoms with Gasteiger partial charge in [0.2, 0.25) is 0 Å². The summed E-state index contributed by atoms with van der Waals surface area (Å²) >= 11 is 0. The lowest BCUT2D eigenvalue weighted by atomic mass is 9.99. The molecule has 0 aliphatic heterocycles. The third kappa shape index (κ3) is 2.50. The number of hydrogen-bond donors (Lipinski definition) is 0. The van der Waals surface area contributed by atoms with E-state index in [0.717, 1.165) is 16.9 Å². The van der Waals surface area contributed by atoms with E-state index in [-0.39, 0.29) is 0 Å². The summed E-state index contributed by atoms with van der Waals surface area (Å²) in [6, 6.07) is 33.6. The molecule has 5 aromatic rings. The van der Waals surface area contributed by atoms with E-state index in [1.54, 1.807) is 0 Å². The highest BCUT2D eigenvalue weighted by Crippen LogP contribution is 2.34. The second kappa shape index (κ2) is 5.64. The molecule has 0 unspecified atom stereocenters. The summed E-state index contributed by atoms with van der Waals surface area (Å²) in [6.07, 6.45) is 0. The van der Waals surface area contributed by atoms with Crippen molar-refractivity contribution in [2.24, 2.45) is 0 Å². The minimum Gasteiger partial charge on any atom is -0.457 e. The Bertz CT molecular complexity index is 1210. The summed E-state index contributed by atoms with van der Waals surface area (Å²) in [5.74, 6) is 1.74. The Morgan fingerprint density at radius 3 is 1.80 bits per heavy atom. The maximum Gasteiger partial charge on any atom is 0.135 e. The molecule has 0 radical (unpaired) electrons. The summed E-state index contributed by atoms with van der Waals surface area (Å²) < 4.78 is 6.13. The van der Waals surface area contributed by atoms with E-state index >= 15 is 0 Å². The monoisotopic (exact) mass is 320 g/mol. The first-order valence-corrected chi connectivity index (χ1v) is 8.45. The Morgan fingerprint density at radius 2 is 1.04 bits per heavy atom. The lowest BCUT2D eigenvalue weighted by Crippen LogP contribution is -1.86. The van der Waals surface area contributed by atoms with Crippen molar-refractivity contribution in [1.29, 1.82) is 0 Å². The molecule has 0 aromatic heterocycles. The average Bonchev–Trinajstić information content (AvgIpc) is 2.66. The zero-order valence-electron chi connectivity index (χ0n) is 13.6. The molecule has 0 aliphatic carbocycles. The summed E-state index contributed by atoms with van der Waals surface area (Å²) in [7, 11) is 0. The summed E-state index contributed by atoms with van der Waals surface area (Å²) in [6.45, 7) is 0. The number of benzene rings is 5. The highest BCUT2D eigenvalue weighted by atomic mass is 16.5. The second-order valence-corrected chi connectivity index (χ2v) is 6.29. The van der Waals surface area contributed by atoms with Crippen LogP contribution in [-0.2, 0) is 0 Å². The fourth-order valence-corrected chi connectivity index (χ4v) is 3.39. The molecule has 0 fully saturated rings. The third-order valence-corrected chi connectivity index (χ3v) is 4.63. The van der Waals surface area contributed by atoms with Crippen molar-refractivity contribution >= 4 is 32.3 Å². The molecule has 0 N–H and O–H groups in total. The lowest BCUT2D eigenvalue weighted by molar-refractivity contribution is 0.488. The summed E-state index contributed by atoms with van der Waals surface area (Å²) in [5.41, 5.74) is 0. The minimum atomic E-state index is 0.855. The van der Waals surface area contributed by atoms with Gasteiger partial charge in [0.1, 0.15) is 11.5 Å². The van der Waals surface area contributed by atoms with Gasteiger partial charge < -0.3 is 4.74 Å². The Labute approximate surface area is 146 Å². The van der Waals surface area contributed by atoms with Gasteiger partial charge in [-0.15, -0.1) is 0 Å². The molecule has 118 valence electrons. The van der Waals surface area contributed by atoms with Gasteiger partial charge in [-0.2, -0.15) is 0 Å². The Kier molecular flexibility index (Phi) is 3.17. The largest absolute Gasteiger partial charge is 0.457 e. The Balaban J connectivity index is 1.74. The van der Waals surface area contributed by atoms with E-state index < -0.39 is 0 Å². The van der Waals surface area contributed by atoms with Gasteiger partial charge in [-0.3, -0.25) is 0 Å². The first-order valence-electron chi connectivity index (χ1n) is 8.45. The predicted molar refractivity (Wildman–Crippen MR) is 105 cm³/mol. The van der Waals surface area contributed by atoms with Gasteiger partial charge >= 0.3 is 0 Å². The molecule has 0 atom stereocenters. The Hall–Kier alpha value is -3.32. The number of fused-ring (bicyclic) bond motifs is 3. The molecule has 0 saturated carbocycles. The summed E-state index contributed by atoms with van der Waals surface area (Å²) in [4.78, 5) is 0.